The molecule has 5 heteroatoms. The third-order valence-corrected chi connectivity index (χ3v) is 2.70. The number of halogens is 2. The van der Waals surface area contributed by atoms with Crippen molar-refractivity contribution in [2.24, 2.45) is 5.92 Å². The molecule has 1 aliphatic rings. The Labute approximate surface area is 81.7 Å². The Morgan fingerprint density at radius 2 is 2.00 bits per heavy atom. The number of aliphatic carboxylic acids is 1. The Bertz CT molecular complexity index is 213. The summed E-state index contributed by atoms with van der Waals surface area (Å²) in [5.74, 6) is -5.24. The highest BCUT2D eigenvalue weighted by atomic mass is 19.3. The molecule has 0 amide bonds. The minimum atomic E-state index is -3.05. The van der Waals surface area contributed by atoms with Crippen LogP contribution < -0.4 is 0 Å². The lowest BCUT2D eigenvalue weighted by Gasteiger charge is -2.33. The summed E-state index contributed by atoms with van der Waals surface area (Å²) in [6.45, 7) is 1.25. The molecule has 0 spiro atoms. The van der Waals surface area contributed by atoms with Gasteiger partial charge >= 0.3 is 5.97 Å². The molecule has 0 aromatic rings. The van der Waals surface area contributed by atoms with Crippen LogP contribution in [0.5, 0.6) is 0 Å². The number of carboxylic acids is 1. The molecule has 82 valence electrons. The highest BCUT2D eigenvalue weighted by molar-refractivity contribution is 5.67. The van der Waals surface area contributed by atoms with E-state index in [-0.39, 0.29) is 0 Å². The monoisotopic (exact) mass is 207 g/mol. The van der Waals surface area contributed by atoms with E-state index in [0.29, 0.717) is 25.9 Å². The van der Waals surface area contributed by atoms with Crippen LogP contribution >= 0.6 is 0 Å². The molecule has 0 unspecified atom stereocenters. The summed E-state index contributed by atoms with van der Waals surface area (Å²) >= 11 is 0. The Balaban J connectivity index is 2.50. The summed E-state index contributed by atoms with van der Waals surface area (Å²) in [6, 6.07) is 0. The minimum Gasteiger partial charge on any atom is -0.481 e. The average molecular weight is 207 g/mol. The van der Waals surface area contributed by atoms with Crippen molar-refractivity contribution in [1.29, 1.82) is 0 Å². The van der Waals surface area contributed by atoms with Crippen molar-refractivity contribution in [1.82, 2.24) is 4.90 Å². The molecular formula is C9H15F2NO2. The van der Waals surface area contributed by atoms with E-state index < -0.39 is 24.2 Å². The van der Waals surface area contributed by atoms with E-state index in [4.69, 9.17) is 5.11 Å². The maximum atomic E-state index is 13.3. The van der Waals surface area contributed by atoms with Gasteiger partial charge in [-0.2, -0.15) is 0 Å². The van der Waals surface area contributed by atoms with Gasteiger partial charge in [0.15, 0.2) is 0 Å². The summed E-state index contributed by atoms with van der Waals surface area (Å²) in [4.78, 5) is 12.2. The first kappa shape index (κ1) is 11.4. The van der Waals surface area contributed by atoms with Crippen molar-refractivity contribution in [3.63, 3.8) is 0 Å². The summed E-state index contributed by atoms with van der Waals surface area (Å²) in [6.07, 6.45) is -0.269. The Hall–Kier alpha value is -0.710. The quantitative estimate of drug-likeness (QED) is 0.761. The number of likely N-dealkylation sites (tertiary alicyclic amines) is 1. The fourth-order valence-corrected chi connectivity index (χ4v) is 1.78. The maximum absolute atomic E-state index is 13.3. The van der Waals surface area contributed by atoms with Crippen LogP contribution in [0.4, 0.5) is 8.78 Å². The van der Waals surface area contributed by atoms with Crippen LogP contribution in [0.2, 0.25) is 0 Å². The number of hydrogen-bond donors (Lipinski definition) is 1. The standard InChI is InChI=1S/C9H15F2NO2/c1-12-4-2-7(3-5-12)9(10,11)6-8(13)14/h7H,2-6H2,1H3,(H,13,14). The van der Waals surface area contributed by atoms with Gasteiger partial charge in [0.25, 0.3) is 5.92 Å². The van der Waals surface area contributed by atoms with Crippen molar-refractivity contribution >= 4 is 5.97 Å². The topological polar surface area (TPSA) is 40.5 Å². The highest BCUT2D eigenvalue weighted by Gasteiger charge is 2.42. The largest absolute Gasteiger partial charge is 0.481 e. The van der Waals surface area contributed by atoms with Crippen LogP contribution in [-0.2, 0) is 4.79 Å². The van der Waals surface area contributed by atoms with E-state index in [1.54, 1.807) is 0 Å². The molecule has 0 aromatic heterocycles. The summed E-state index contributed by atoms with van der Waals surface area (Å²) in [5.41, 5.74) is 0. The molecule has 1 aliphatic heterocycles. The van der Waals surface area contributed by atoms with Crippen LogP contribution in [0.25, 0.3) is 0 Å². The molecule has 0 aliphatic carbocycles. The van der Waals surface area contributed by atoms with Gasteiger partial charge in [-0.15, -0.1) is 0 Å². The fourth-order valence-electron chi connectivity index (χ4n) is 1.78. The van der Waals surface area contributed by atoms with Crippen LogP contribution in [0.15, 0.2) is 0 Å². The fraction of sp³-hybridized carbons (Fsp3) is 0.889. The summed E-state index contributed by atoms with van der Waals surface area (Å²) < 4.78 is 26.6. The second kappa shape index (κ2) is 4.21. The van der Waals surface area contributed by atoms with E-state index in [0.717, 1.165) is 0 Å². The van der Waals surface area contributed by atoms with E-state index in [9.17, 15) is 13.6 Å². The maximum Gasteiger partial charge on any atom is 0.309 e. The number of alkyl halides is 2. The van der Waals surface area contributed by atoms with E-state index >= 15 is 0 Å². The van der Waals surface area contributed by atoms with Gasteiger partial charge < -0.3 is 10.0 Å². The molecule has 0 radical (unpaired) electrons. The van der Waals surface area contributed by atoms with Crippen LogP contribution in [0.1, 0.15) is 19.3 Å². The zero-order valence-corrected chi connectivity index (χ0v) is 8.17. The van der Waals surface area contributed by atoms with Crippen molar-refractivity contribution in [3.05, 3.63) is 0 Å². The molecule has 0 saturated carbocycles. The second-order valence-electron chi connectivity index (χ2n) is 3.91. The van der Waals surface area contributed by atoms with Crippen molar-refractivity contribution in [2.45, 2.75) is 25.2 Å². The van der Waals surface area contributed by atoms with Crippen molar-refractivity contribution in [3.8, 4) is 0 Å². The van der Waals surface area contributed by atoms with Gasteiger partial charge in [-0.25, -0.2) is 8.78 Å². The molecule has 1 rings (SSSR count). The molecule has 14 heavy (non-hydrogen) atoms. The first-order valence-corrected chi connectivity index (χ1v) is 4.70. The summed E-state index contributed by atoms with van der Waals surface area (Å²) in [7, 11) is 1.88. The van der Waals surface area contributed by atoms with E-state index in [1.807, 2.05) is 11.9 Å². The number of piperidine rings is 1. The zero-order chi connectivity index (χ0) is 10.8. The molecule has 0 bridgehead atoms. The number of carbonyl (C=O) groups is 1. The van der Waals surface area contributed by atoms with Gasteiger partial charge in [0, 0.05) is 5.92 Å². The first-order valence-electron chi connectivity index (χ1n) is 4.70. The number of nitrogens with zero attached hydrogens (tertiary/aromatic N) is 1. The normalized spacial score (nSPS) is 21.1. The predicted molar refractivity (Wildman–Crippen MR) is 47.4 cm³/mol. The lowest BCUT2D eigenvalue weighted by Crippen LogP contribution is -2.40. The lowest BCUT2D eigenvalue weighted by atomic mass is 9.89. The second-order valence-corrected chi connectivity index (χ2v) is 3.91. The third-order valence-electron chi connectivity index (χ3n) is 2.70. The molecule has 1 N–H and O–H groups in total. The number of hydrogen-bond acceptors (Lipinski definition) is 2. The Morgan fingerprint density at radius 1 is 1.50 bits per heavy atom. The van der Waals surface area contributed by atoms with Gasteiger partial charge in [-0.3, -0.25) is 4.79 Å². The van der Waals surface area contributed by atoms with Gasteiger partial charge in [-0.1, -0.05) is 0 Å². The molecule has 3 nitrogen and oxygen atoms in total. The van der Waals surface area contributed by atoms with Crippen LogP contribution in [0.3, 0.4) is 0 Å². The SMILES string of the molecule is CN1CCC(C(F)(F)CC(=O)O)CC1. The molecule has 1 saturated heterocycles. The molecular weight excluding hydrogens is 192 g/mol. The number of carboxylic acid groups (broad SMARTS) is 1. The van der Waals surface area contributed by atoms with Crippen molar-refractivity contribution < 1.29 is 18.7 Å². The summed E-state index contributed by atoms with van der Waals surface area (Å²) in [5, 5.41) is 8.34. The zero-order valence-electron chi connectivity index (χ0n) is 8.17. The smallest absolute Gasteiger partial charge is 0.309 e. The third kappa shape index (κ3) is 2.90. The predicted octanol–water partition coefficient (Wildman–Crippen LogP) is 1.44. The van der Waals surface area contributed by atoms with E-state index in [2.05, 4.69) is 0 Å². The van der Waals surface area contributed by atoms with Crippen LogP contribution in [0, 0.1) is 5.92 Å². The highest BCUT2D eigenvalue weighted by Crippen LogP contribution is 2.35. The van der Waals surface area contributed by atoms with Gasteiger partial charge in [0.1, 0.15) is 6.42 Å². The molecule has 0 atom stereocenters. The Morgan fingerprint density at radius 3 is 2.43 bits per heavy atom. The molecule has 1 heterocycles. The van der Waals surface area contributed by atoms with Gasteiger partial charge in [0.2, 0.25) is 0 Å². The average Bonchev–Trinajstić information content (AvgIpc) is 2.02. The minimum absolute atomic E-state index is 0.386. The Kier molecular flexibility index (Phi) is 3.42. The van der Waals surface area contributed by atoms with Crippen LogP contribution in [-0.4, -0.2) is 42.0 Å². The van der Waals surface area contributed by atoms with Crippen molar-refractivity contribution in [2.75, 3.05) is 20.1 Å². The van der Waals surface area contributed by atoms with Gasteiger partial charge in [-0.05, 0) is 33.0 Å². The van der Waals surface area contributed by atoms with E-state index in [1.165, 1.54) is 0 Å². The first-order chi connectivity index (χ1) is 6.42. The van der Waals surface area contributed by atoms with Gasteiger partial charge in [0.05, 0.1) is 0 Å². The lowest BCUT2D eigenvalue weighted by molar-refractivity contribution is -0.151. The molecule has 1 fully saturated rings. The number of rotatable bonds is 3. The molecule has 0 aromatic carbocycles.